The first-order valence-corrected chi connectivity index (χ1v) is 12.9. The zero-order valence-corrected chi connectivity index (χ0v) is 19.4. The van der Waals surface area contributed by atoms with E-state index in [0.29, 0.717) is 44.8 Å². The van der Waals surface area contributed by atoms with Crippen LogP contribution in [0.4, 0.5) is 10.5 Å². The number of carbonyl (C=O) groups is 3. The summed E-state index contributed by atoms with van der Waals surface area (Å²) >= 11 is 0. The summed E-state index contributed by atoms with van der Waals surface area (Å²) in [5, 5.41) is 5.48. The molecule has 1 aliphatic carbocycles. The zero-order valence-electron chi connectivity index (χ0n) is 18.5. The highest BCUT2D eigenvalue weighted by molar-refractivity contribution is 7.89. The van der Waals surface area contributed by atoms with Crippen molar-refractivity contribution in [1.82, 2.24) is 14.5 Å². The van der Waals surface area contributed by atoms with Crippen LogP contribution in [0.5, 0.6) is 0 Å². The van der Waals surface area contributed by atoms with Crippen LogP contribution < -0.4 is 10.6 Å². The number of carbonyl (C=O) groups excluding carboxylic acids is 3. The number of sulfonamides is 1. The number of ether oxygens (including phenoxy) is 1. The van der Waals surface area contributed by atoms with Gasteiger partial charge in [-0.25, -0.2) is 13.2 Å². The third-order valence-electron chi connectivity index (χ3n) is 6.50. The molecule has 2 aliphatic heterocycles. The molecular formula is C22H30N4O6S. The second-order valence-corrected chi connectivity index (χ2v) is 10.7. The Morgan fingerprint density at radius 2 is 1.61 bits per heavy atom. The fourth-order valence-electron chi connectivity index (χ4n) is 4.66. The third-order valence-corrected chi connectivity index (χ3v) is 8.41. The van der Waals surface area contributed by atoms with Gasteiger partial charge in [-0.2, -0.15) is 4.31 Å². The van der Waals surface area contributed by atoms with Crippen LogP contribution in [0, 0.1) is 0 Å². The van der Waals surface area contributed by atoms with E-state index < -0.39 is 27.5 Å². The molecule has 0 aromatic heterocycles. The number of morpholine rings is 1. The van der Waals surface area contributed by atoms with E-state index in [-0.39, 0.29) is 17.3 Å². The summed E-state index contributed by atoms with van der Waals surface area (Å²) in [7, 11) is -3.63. The molecule has 4 rings (SSSR count). The molecule has 0 bridgehead atoms. The minimum Gasteiger partial charge on any atom is -0.379 e. The number of nitrogens with zero attached hydrogens (tertiary/aromatic N) is 2. The predicted molar refractivity (Wildman–Crippen MR) is 120 cm³/mol. The molecule has 2 heterocycles. The van der Waals surface area contributed by atoms with Crippen LogP contribution in [0.25, 0.3) is 0 Å². The number of rotatable bonds is 5. The van der Waals surface area contributed by atoms with E-state index in [1.54, 1.807) is 0 Å². The number of hydrogen-bond donors (Lipinski definition) is 2. The molecule has 11 heteroatoms. The second kappa shape index (κ2) is 9.78. The van der Waals surface area contributed by atoms with E-state index in [0.717, 1.165) is 37.0 Å². The molecule has 1 spiro atoms. The number of anilines is 1. The molecule has 2 N–H and O–H groups in total. The molecule has 2 saturated heterocycles. The molecule has 1 saturated carbocycles. The summed E-state index contributed by atoms with van der Waals surface area (Å²) in [6.07, 6.45) is 6.11. The van der Waals surface area contributed by atoms with Gasteiger partial charge in [-0.3, -0.25) is 14.5 Å². The maximum absolute atomic E-state index is 13.0. The standard InChI is InChI=1S/C22H30N4O6S/c27-19(16-26-20(28)22(24-21(26)29)10-4-2-1-3-5-11-22)23-17-6-8-18(9-7-17)33(30,31)25-12-14-32-15-13-25/h6-9H,1-5,10-16H2,(H,23,27)(H,24,29). The Bertz CT molecular complexity index is 996. The van der Waals surface area contributed by atoms with E-state index in [2.05, 4.69) is 10.6 Å². The normalized spacial score (nSPS) is 22.0. The van der Waals surface area contributed by atoms with Crippen LogP contribution in [-0.4, -0.2) is 73.9 Å². The van der Waals surface area contributed by atoms with Crippen LogP contribution in [0.1, 0.15) is 44.9 Å². The fraction of sp³-hybridized carbons (Fsp3) is 0.591. The number of amides is 4. The summed E-state index contributed by atoms with van der Waals surface area (Å²) in [5.41, 5.74) is -0.513. The largest absolute Gasteiger partial charge is 0.379 e. The van der Waals surface area contributed by atoms with E-state index in [4.69, 9.17) is 4.74 Å². The van der Waals surface area contributed by atoms with Crippen LogP contribution in [0.2, 0.25) is 0 Å². The van der Waals surface area contributed by atoms with Crippen LogP contribution >= 0.6 is 0 Å². The Morgan fingerprint density at radius 3 is 2.24 bits per heavy atom. The number of urea groups is 1. The molecule has 33 heavy (non-hydrogen) atoms. The first-order valence-electron chi connectivity index (χ1n) is 11.4. The van der Waals surface area contributed by atoms with E-state index in [9.17, 15) is 22.8 Å². The minimum atomic E-state index is -3.63. The summed E-state index contributed by atoms with van der Waals surface area (Å²) in [5.74, 6) is -0.860. The van der Waals surface area contributed by atoms with Gasteiger partial charge in [0.15, 0.2) is 0 Å². The molecule has 1 aromatic rings. The summed E-state index contributed by atoms with van der Waals surface area (Å²) < 4.78 is 32.0. The van der Waals surface area contributed by atoms with E-state index in [1.165, 1.54) is 28.6 Å². The van der Waals surface area contributed by atoms with Crippen LogP contribution in [0.15, 0.2) is 29.2 Å². The highest BCUT2D eigenvalue weighted by atomic mass is 32.2. The Balaban J connectivity index is 1.37. The van der Waals surface area contributed by atoms with Crippen molar-refractivity contribution in [3.8, 4) is 0 Å². The summed E-state index contributed by atoms with van der Waals surface area (Å²) in [6.45, 7) is 0.928. The second-order valence-electron chi connectivity index (χ2n) is 8.76. The van der Waals surface area contributed by atoms with Gasteiger partial charge in [0.05, 0.1) is 18.1 Å². The SMILES string of the molecule is O=C(CN1C(=O)NC2(CCCCCCC2)C1=O)Nc1ccc(S(=O)(=O)N2CCOCC2)cc1. The Labute approximate surface area is 193 Å². The Morgan fingerprint density at radius 1 is 1.00 bits per heavy atom. The number of hydrogen-bond acceptors (Lipinski definition) is 6. The lowest BCUT2D eigenvalue weighted by Crippen LogP contribution is -2.47. The molecule has 0 atom stereocenters. The molecule has 1 aromatic carbocycles. The van der Waals surface area contributed by atoms with Gasteiger partial charge in [0.1, 0.15) is 12.1 Å². The average molecular weight is 479 g/mol. The summed E-state index contributed by atoms with van der Waals surface area (Å²) in [4.78, 5) is 39.2. The number of benzene rings is 1. The van der Waals surface area contributed by atoms with Crippen molar-refractivity contribution >= 4 is 33.6 Å². The van der Waals surface area contributed by atoms with Crippen molar-refractivity contribution in [2.45, 2.75) is 55.4 Å². The smallest absolute Gasteiger partial charge is 0.325 e. The minimum absolute atomic E-state index is 0.128. The first kappa shape index (κ1) is 23.7. The van der Waals surface area contributed by atoms with Gasteiger partial charge in [0, 0.05) is 18.8 Å². The first-order chi connectivity index (χ1) is 15.8. The maximum Gasteiger partial charge on any atom is 0.325 e. The number of imide groups is 1. The van der Waals surface area contributed by atoms with Gasteiger partial charge in [0.2, 0.25) is 15.9 Å². The molecular weight excluding hydrogens is 448 g/mol. The lowest BCUT2D eigenvalue weighted by Gasteiger charge is -2.28. The average Bonchev–Trinajstić information content (AvgIpc) is 3.02. The quantitative estimate of drug-likeness (QED) is 0.621. The fourth-order valence-corrected chi connectivity index (χ4v) is 6.07. The molecule has 10 nitrogen and oxygen atoms in total. The molecule has 0 radical (unpaired) electrons. The molecule has 3 fully saturated rings. The zero-order chi connectivity index (χ0) is 23.5. The van der Waals surface area contributed by atoms with E-state index in [1.807, 2.05) is 0 Å². The van der Waals surface area contributed by atoms with Gasteiger partial charge in [-0.05, 0) is 37.1 Å². The Kier molecular flexibility index (Phi) is 7.01. The van der Waals surface area contributed by atoms with Crippen molar-refractivity contribution in [2.24, 2.45) is 0 Å². The van der Waals surface area contributed by atoms with Gasteiger partial charge in [-0.15, -0.1) is 0 Å². The third kappa shape index (κ3) is 5.04. The van der Waals surface area contributed by atoms with Crippen molar-refractivity contribution in [3.63, 3.8) is 0 Å². The van der Waals surface area contributed by atoms with Gasteiger partial charge < -0.3 is 15.4 Å². The molecule has 180 valence electrons. The van der Waals surface area contributed by atoms with Gasteiger partial charge in [0.25, 0.3) is 5.91 Å². The lowest BCUT2D eigenvalue weighted by molar-refractivity contribution is -0.134. The molecule has 4 amide bonds. The van der Waals surface area contributed by atoms with Gasteiger partial charge in [-0.1, -0.05) is 32.1 Å². The summed E-state index contributed by atoms with van der Waals surface area (Å²) in [6, 6.07) is 5.30. The molecule has 0 unspecified atom stereocenters. The van der Waals surface area contributed by atoms with Gasteiger partial charge >= 0.3 is 6.03 Å². The van der Waals surface area contributed by atoms with Crippen molar-refractivity contribution in [2.75, 3.05) is 38.2 Å². The highest BCUT2D eigenvalue weighted by Crippen LogP contribution is 2.32. The van der Waals surface area contributed by atoms with E-state index >= 15 is 0 Å². The monoisotopic (exact) mass is 478 g/mol. The van der Waals surface area contributed by atoms with Crippen molar-refractivity contribution in [3.05, 3.63) is 24.3 Å². The predicted octanol–water partition coefficient (Wildman–Crippen LogP) is 1.68. The Hall–Kier alpha value is -2.50. The number of nitrogens with one attached hydrogen (secondary N) is 2. The van der Waals surface area contributed by atoms with Crippen molar-refractivity contribution < 1.29 is 27.5 Å². The molecule has 3 aliphatic rings. The highest BCUT2D eigenvalue weighted by Gasteiger charge is 2.50. The topological polar surface area (TPSA) is 125 Å². The maximum atomic E-state index is 13.0. The van der Waals surface area contributed by atoms with Crippen LogP contribution in [-0.2, 0) is 24.3 Å². The van der Waals surface area contributed by atoms with Crippen molar-refractivity contribution in [1.29, 1.82) is 0 Å². The lowest BCUT2D eigenvalue weighted by atomic mass is 9.84. The van der Waals surface area contributed by atoms with Crippen LogP contribution in [0.3, 0.4) is 0 Å².